The van der Waals surface area contributed by atoms with Crippen molar-refractivity contribution >= 4 is 43.6 Å². The Morgan fingerprint density at radius 1 is 0.719 bits per heavy atom. The largest absolute Gasteiger partial charge is 0.354 e. The maximum absolute atomic E-state index is 13.4. The van der Waals surface area contributed by atoms with Crippen LogP contribution in [-0.2, 0) is 6.54 Å². The first-order valence-electron chi connectivity index (χ1n) is 10.5. The van der Waals surface area contributed by atoms with Crippen molar-refractivity contribution in [1.82, 2.24) is 19.7 Å². The van der Waals surface area contributed by atoms with Gasteiger partial charge in [-0.3, -0.25) is 14.3 Å². The minimum absolute atomic E-state index is 0.0440. The molecule has 3 aromatic carbocycles. The summed E-state index contributed by atoms with van der Waals surface area (Å²) in [6.45, 7) is 4.60. The predicted octanol–water partition coefficient (Wildman–Crippen LogP) is 4.54. The van der Waals surface area contributed by atoms with E-state index < -0.39 is 0 Å². The fourth-order valence-corrected chi connectivity index (χ4v) is 4.55. The molecule has 0 fully saturated rings. The zero-order valence-electron chi connectivity index (χ0n) is 17.7. The number of benzene rings is 3. The van der Waals surface area contributed by atoms with Crippen molar-refractivity contribution in [2.45, 2.75) is 20.4 Å². The van der Waals surface area contributed by atoms with Gasteiger partial charge in [-0.05, 0) is 61.9 Å². The van der Waals surface area contributed by atoms with Crippen LogP contribution in [0.1, 0.15) is 17.0 Å². The number of fused-ring (bicyclic) bond motifs is 4. The van der Waals surface area contributed by atoms with Gasteiger partial charge in [-0.2, -0.15) is 5.10 Å². The summed E-state index contributed by atoms with van der Waals surface area (Å²) >= 11 is 0. The highest BCUT2D eigenvalue weighted by Gasteiger charge is 2.12. The number of para-hydroxylation sites is 1. The zero-order chi connectivity index (χ0) is 22.0. The maximum Gasteiger partial charge on any atom is 0.197 e. The van der Waals surface area contributed by atoms with Crippen LogP contribution in [-0.4, -0.2) is 19.7 Å². The van der Waals surface area contributed by atoms with E-state index in [4.69, 9.17) is 0 Å². The summed E-state index contributed by atoms with van der Waals surface area (Å²) in [5.74, 6) is 0. The molecule has 6 aromatic rings. The smallest absolute Gasteiger partial charge is 0.197 e. The second-order valence-electron chi connectivity index (χ2n) is 8.36. The number of aromatic amines is 2. The Morgan fingerprint density at radius 2 is 1.34 bits per heavy atom. The van der Waals surface area contributed by atoms with Gasteiger partial charge >= 0.3 is 0 Å². The molecule has 6 nitrogen and oxygen atoms in total. The van der Waals surface area contributed by atoms with Crippen LogP contribution < -0.4 is 10.9 Å². The van der Waals surface area contributed by atoms with E-state index in [2.05, 4.69) is 15.1 Å². The number of aryl methyl sites for hydroxylation is 2. The molecular weight excluding hydrogens is 400 g/mol. The number of nitrogens with one attached hydrogen (secondary N) is 2. The van der Waals surface area contributed by atoms with Gasteiger partial charge < -0.3 is 9.97 Å². The molecule has 6 heteroatoms. The first kappa shape index (κ1) is 18.6. The molecule has 6 rings (SSSR count). The van der Waals surface area contributed by atoms with Crippen molar-refractivity contribution in [3.05, 3.63) is 98.1 Å². The summed E-state index contributed by atoms with van der Waals surface area (Å²) in [5, 5.41) is 6.90. The van der Waals surface area contributed by atoms with E-state index in [-0.39, 0.29) is 10.9 Å². The average Bonchev–Trinajstić information content (AvgIpc) is 3.10. The van der Waals surface area contributed by atoms with Crippen molar-refractivity contribution in [2.75, 3.05) is 0 Å². The van der Waals surface area contributed by atoms with Crippen molar-refractivity contribution in [1.29, 1.82) is 0 Å². The Bertz CT molecular complexity index is 1820. The van der Waals surface area contributed by atoms with Crippen LogP contribution in [0.3, 0.4) is 0 Å². The first-order chi connectivity index (χ1) is 15.5. The molecule has 32 heavy (non-hydrogen) atoms. The molecule has 0 bridgehead atoms. The van der Waals surface area contributed by atoms with E-state index in [9.17, 15) is 9.59 Å². The predicted molar refractivity (Wildman–Crippen MR) is 129 cm³/mol. The molecule has 0 radical (unpaired) electrons. The highest BCUT2D eigenvalue weighted by Crippen LogP contribution is 2.22. The van der Waals surface area contributed by atoms with Crippen LogP contribution in [0.2, 0.25) is 0 Å². The lowest BCUT2D eigenvalue weighted by Gasteiger charge is -2.09. The molecule has 0 aliphatic heterocycles. The molecule has 0 saturated heterocycles. The molecule has 0 saturated carbocycles. The van der Waals surface area contributed by atoms with E-state index in [1.54, 1.807) is 12.1 Å². The van der Waals surface area contributed by atoms with E-state index >= 15 is 0 Å². The van der Waals surface area contributed by atoms with Crippen molar-refractivity contribution in [3.63, 3.8) is 0 Å². The lowest BCUT2D eigenvalue weighted by molar-refractivity contribution is 0.659. The molecule has 0 atom stereocenters. The minimum atomic E-state index is -0.0557. The SMILES string of the molecule is Cc1cc(C)n(Cc2ccc3[nH]c4cc5c(=O)c6ccccc6[nH]c5cc4c(=O)c3c2)n1. The number of hydrogen-bond donors (Lipinski definition) is 2. The third-order valence-corrected chi connectivity index (χ3v) is 6.12. The van der Waals surface area contributed by atoms with Crippen molar-refractivity contribution < 1.29 is 0 Å². The van der Waals surface area contributed by atoms with Crippen LogP contribution in [0, 0.1) is 13.8 Å². The normalized spacial score (nSPS) is 11.8. The highest BCUT2D eigenvalue weighted by atomic mass is 16.1. The van der Waals surface area contributed by atoms with Gasteiger partial charge in [-0.15, -0.1) is 0 Å². The molecular formula is C26H20N4O2. The van der Waals surface area contributed by atoms with Gasteiger partial charge in [0.15, 0.2) is 10.9 Å². The minimum Gasteiger partial charge on any atom is -0.354 e. The number of H-pyrrole nitrogens is 2. The summed E-state index contributed by atoms with van der Waals surface area (Å²) < 4.78 is 1.94. The second kappa shape index (κ2) is 6.65. The number of hydrogen-bond acceptors (Lipinski definition) is 3. The molecule has 0 unspecified atom stereocenters. The van der Waals surface area contributed by atoms with E-state index in [0.29, 0.717) is 39.1 Å². The molecule has 0 amide bonds. The number of rotatable bonds is 2. The van der Waals surface area contributed by atoms with Gasteiger partial charge in [-0.1, -0.05) is 18.2 Å². The summed E-state index contributed by atoms with van der Waals surface area (Å²) in [4.78, 5) is 33.1. The Hall–Kier alpha value is -4.19. The standard InChI is InChI=1S/C26H20N4O2/c1-14-9-15(2)30(29-14)13-16-7-8-22-18(10-16)26(32)20-12-23-19(11-24(20)28-22)25(31)17-5-3-4-6-21(17)27-23/h3-12H,13H2,1-2H3,(H,27,31)(H,28,32). The Labute approximate surface area is 182 Å². The second-order valence-corrected chi connectivity index (χ2v) is 8.36. The Balaban J connectivity index is 1.58. The van der Waals surface area contributed by atoms with Crippen LogP contribution in [0.5, 0.6) is 0 Å². The Morgan fingerprint density at radius 3 is 2.03 bits per heavy atom. The van der Waals surface area contributed by atoms with E-state index in [0.717, 1.165) is 28.0 Å². The third-order valence-electron chi connectivity index (χ3n) is 6.12. The molecule has 0 spiro atoms. The molecule has 0 aliphatic carbocycles. The van der Waals surface area contributed by atoms with E-state index in [1.807, 2.05) is 67.1 Å². The summed E-state index contributed by atoms with van der Waals surface area (Å²) in [6, 6.07) is 18.9. The number of aromatic nitrogens is 4. The maximum atomic E-state index is 13.4. The topological polar surface area (TPSA) is 83.5 Å². The van der Waals surface area contributed by atoms with Gasteiger partial charge in [0.25, 0.3) is 0 Å². The summed E-state index contributed by atoms with van der Waals surface area (Å²) in [6.07, 6.45) is 0. The van der Waals surface area contributed by atoms with Crippen molar-refractivity contribution in [2.24, 2.45) is 0 Å². The van der Waals surface area contributed by atoms with Gasteiger partial charge in [0.1, 0.15) is 0 Å². The highest BCUT2D eigenvalue weighted by molar-refractivity contribution is 6.02. The van der Waals surface area contributed by atoms with Gasteiger partial charge in [0.2, 0.25) is 0 Å². The van der Waals surface area contributed by atoms with Crippen LogP contribution in [0.15, 0.2) is 70.3 Å². The Kier molecular flexibility index (Phi) is 3.86. The van der Waals surface area contributed by atoms with Crippen LogP contribution in [0.4, 0.5) is 0 Å². The molecule has 3 aromatic heterocycles. The molecule has 3 heterocycles. The third kappa shape index (κ3) is 2.76. The van der Waals surface area contributed by atoms with E-state index in [1.165, 1.54) is 0 Å². The van der Waals surface area contributed by atoms with Gasteiger partial charge in [0, 0.05) is 38.3 Å². The average molecular weight is 420 g/mol. The molecule has 2 N–H and O–H groups in total. The van der Waals surface area contributed by atoms with Crippen molar-refractivity contribution in [3.8, 4) is 0 Å². The van der Waals surface area contributed by atoms with Gasteiger partial charge in [0.05, 0.1) is 23.3 Å². The molecule has 0 aliphatic rings. The van der Waals surface area contributed by atoms with Gasteiger partial charge in [-0.25, -0.2) is 0 Å². The lowest BCUT2D eigenvalue weighted by Crippen LogP contribution is -2.09. The quantitative estimate of drug-likeness (QED) is 0.404. The number of pyridine rings is 2. The fraction of sp³-hybridized carbons (Fsp3) is 0.115. The summed E-state index contributed by atoms with van der Waals surface area (Å²) in [5.41, 5.74) is 5.78. The van der Waals surface area contributed by atoms with Crippen LogP contribution in [0.25, 0.3) is 43.6 Å². The van der Waals surface area contributed by atoms with Crippen LogP contribution >= 0.6 is 0 Å². The number of nitrogens with zero attached hydrogens (tertiary/aromatic N) is 2. The fourth-order valence-electron chi connectivity index (χ4n) is 4.55. The first-order valence-corrected chi connectivity index (χ1v) is 10.5. The zero-order valence-corrected chi connectivity index (χ0v) is 17.7. The lowest BCUT2D eigenvalue weighted by atomic mass is 10.0. The molecule has 156 valence electrons. The monoisotopic (exact) mass is 420 g/mol. The summed E-state index contributed by atoms with van der Waals surface area (Å²) in [7, 11) is 0.